The summed E-state index contributed by atoms with van der Waals surface area (Å²) >= 11 is 5.94. The molecule has 0 amide bonds. The standard InChI is InChI=1S/C19H32ClNSi2/c1-8-9-18(15-12-16-10-13-17(20)14-11-16)21-19(22(2,3)4)23(5,6)7/h10-11,13-14,18-19,21H,8-9H2,1-7H3. The predicted octanol–water partition coefficient (Wildman–Crippen LogP) is 5.57. The Labute approximate surface area is 150 Å². The number of rotatable bonds is 6. The van der Waals surface area contributed by atoms with Crippen molar-refractivity contribution in [3.63, 3.8) is 0 Å². The zero-order chi connectivity index (χ0) is 17.7. The predicted molar refractivity (Wildman–Crippen MR) is 111 cm³/mol. The number of halogens is 1. The molecule has 0 spiro atoms. The maximum Gasteiger partial charge on any atom is 0.0690 e. The van der Waals surface area contributed by atoms with Gasteiger partial charge < -0.3 is 5.32 Å². The maximum absolute atomic E-state index is 5.94. The highest BCUT2D eigenvalue weighted by molar-refractivity contribution is 6.96. The van der Waals surface area contributed by atoms with E-state index < -0.39 is 16.1 Å². The van der Waals surface area contributed by atoms with Crippen LogP contribution in [0.2, 0.25) is 44.3 Å². The quantitative estimate of drug-likeness (QED) is 0.513. The van der Waals surface area contributed by atoms with E-state index in [1.165, 1.54) is 0 Å². The normalized spacial score (nSPS) is 13.6. The molecular formula is C19H32ClNSi2. The van der Waals surface area contributed by atoms with E-state index in [1.54, 1.807) is 0 Å². The molecule has 1 unspecified atom stereocenters. The van der Waals surface area contributed by atoms with Crippen LogP contribution in [0.1, 0.15) is 25.3 Å². The minimum absolute atomic E-state index is 0.277. The first-order valence-electron chi connectivity index (χ1n) is 8.57. The Kier molecular flexibility index (Phi) is 7.60. The summed E-state index contributed by atoms with van der Waals surface area (Å²) in [6.45, 7) is 17.1. The van der Waals surface area contributed by atoms with Gasteiger partial charge in [0.05, 0.1) is 22.2 Å². The molecule has 0 fully saturated rings. The summed E-state index contributed by atoms with van der Waals surface area (Å²) < 4.78 is 0. The molecule has 0 saturated carbocycles. The second-order valence-electron chi connectivity index (χ2n) is 8.45. The molecule has 1 N–H and O–H groups in total. The number of hydrogen-bond acceptors (Lipinski definition) is 1. The van der Waals surface area contributed by atoms with E-state index in [9.17, 15) is 0 Å². The molecular weight excluding hydrogens is 334 g/mol. The van der Waals surface area contributed by atoms with E-state index >= 15 is 0 Å². The van der Waals surface area contributed by atoms with Crippen LogP contribution in [-0.2, 0) is 0 Å². The van der Waals surface area contributed by atoms with Gasteiger partial charge in [0.25, 0.3) is 0 Å². The first-order valence-corrected chi connectivity index (χ1v) is 16.1. The molecule has 0 aromatic heterocycles. The molecule has 128 valence electrons. The first-order chi connectivity index (χ1) is 10.5. The fourth-order valence-corrected chi connectivity index (χ4v) is 15.1. The van der Waals surface area contributed by atoms with Crippen molar-refractivity contribution >= 4 is 27.7 Å². The molecule has 1 rings (SSSR count). The molecule has 23 heavy (non-hydrogen) atoms. The van der Waals surface area contributed by atoms with Gasteiger partial charge in [-0.05, 0) is 36.0 Å². The van der Waals surface area contributed by atoms with Crippen LogP contribution in [-0.4, -0.2) is 27.5 Å². The Bertz CT molecular complexity index is 530. The van der Waals surface area contributed by atoms with Gasteiger partial charge >= 0.3 is 0 Å². The van der Waals surface area contributed by atoms with Crippen LogP contribution in [0.3, 0.4) is 0 Å². The molecule has 0 aliphatic rings. The van der Waals surface area contributed by atoms with Gasteiger partial charge in [-0.15, -0.1) is 0 Å². The topological polar surface area (TPSA) is 12.0 Å². The van der Waals surface area contributed by atoms with Crippen LogP contribution in [0.5, 0.6) is 0 Å². The average Bonchev–Trinajstić information content (AvgIpc) is 2.41. The van der Waals surface area contributed by atoms with E-state index in [4.69, 9.17) is 11.6 Å². The Balaban J connectivity index is 2.96. The fourth-order valence-electron chi connectivity index (χ4n) is 3.19. The maximum atomic E-state index is 5.94. The lowest BCUT2D eigenvalue weighted by molar-refractivity contribution is 0.577. The van der Waals surface area contributed by atoms with Crippen LogP contribution < -0.4 is 5.32 Å². The lowest BCUT2D eigenvalue weighted by Gasteiger charge is -2.40. The fraction of sp³-hybridized carbons (Fsp3) is 0.579. The van der Waals surface area contributed by atoms with E-state index in [0.29, 0.717) is 5.29 Å². The molecule has 1 aromatic rings. The molecule has 1 atom stereocenters. The number of nitrogens with one attached hydrogen (secondary N) is 1. The van der Waals surface area contributed by atoms with Crippen molar-refractivity contribution in [1.29, 1.82) is 0 Å². The van der Waals surface area contributed by atoms with Crippen LogP contribution in [0.4, 0.5) is 0 Å². The van der Waals surface area contributed by atoms with Crippen molar-refractivity contribution in [2.45, 2.75) is 70.4 Å². The lowest BCUT2D eigenvalue weighted by Crippen LogP contribution is -2.63. The van der Waals surface area contributed by atoms with Gasteiger partial charge in [0, 0.05) is 10.6 Å². The molecule has 0 aliphatic carbocycles. The van der Waals surface area contributed by atoms with Crippen molar-refractivity contribution in [3.05, 3.63) is 34.9 Å². The van der Waals surface area contributed by atoms with Crippen molar-refractivity contribution in [1.82, 2.24) is 5.32 Å². The van der Waals surface area contributed by atoms with Crippen LogP contribution >= 0.6 is 11.6 Å². The van der Waals surface area contributed by atoms with Crippen molar-refractivity contribution in [2.75, 3.05) is 0 Å². The van der Waals surface area contributed by atoms with Crippen molar-refractivity contribution in [2.24, 2.45) is 0 Å². The van der Waals surface area contributed by atoms with E-state index in [0.717, 1.165) is 23.4 Å². The average molecular weight is 366 g/mol. The molecule has 1 nitrogen and oxygen atoms in total. The van der Waals surface area contributed by atoms with Crippen LogP contribution in [0.15, 0.2) is 24.3 Å². The zero-order valence-electron chi connectivity index (χ0n) is 15.8. The number of benzene rings is 1. The zero-order valence-corrected chi connectivity index (χ0v) is 18.5. The highest BCUT2D eigenvalue weighted by Crippen LogP contribution is 2.20. The molecule has 0 saturated heterocycles. The minimum atomic E-state index is -1.26. The van der Waals surface area contributed by atoms with E-state index in [1.807, 2.05) is 24.3 Å². The molecule has 0 heterocycles. The molecule has 1 aromatic carbocycles. The third kappa shape index (κ3) is 7.26. The monoisotopic (exact) mass is 365 g/mol. The summed E-state index contributed by atoms with van der Waals surface area (Å²) in [6.07, 6.45) is 2.25. The van der Waals surface area contributed by atoms with Gasteiger partial charge in [-0.2, -0.15) is 0 Å². The van der Waals surface area contributed by atoms with E-state index in [2.05, 4.69) is 63.4 Å². The summed E-state index contributed by atoms with van der Waals surface area (Å²) in [6, 6.07) is 8.07. The van der Waals surface area contributed by atoms with Crippen LogP contribution in [0.25, 0.3) is 0 Å². The number of hydrogen-bond donors (Lipinski definition) is 1. The summed E-state index contributed by atoms with van der Waals surface area (Å²) in [7, 11) is -2.53. The summed E-state index contributed by atoms with van der Waals surface area (Å²) in [4.78, 5) is 0. The first kappa shape index (κ1) is 20.5. The summed E-state index contributed by atoms with van der Waals surface area (Å²) in [5.41, 5.74) is 1.04. The smallest absolute Gasteiger partial charge is 0.0690 e. The van der Waals surface area contributed by atoms with Crippen molar-refractivity contribution in [3.8, 4) is 11.8 Å². The van der Waals surface area contributed by atoms with Gasteiger partial charge in [0.2, 0.25) is 0 Å². The Morgan fingerprint density at radius 1 is 1.00 bits per heavy atom. The van der Waals surface area contributed by atoms with Gasteiger partial charge in [0.1, 0.15) is 0 Å². The van der Waals surface area contributed by atoms with Crippen LogP contribution in [0, 0.1) is 11.8 Å². The molecule has 0 radical (unpaired) electrons. The second-order valence-corrected chi connectivity index (χ2v) is 20.1. The van der Waals surface area contributed by atoms with Gasteiger partial charge in [-0.25, -0.2) is 0 Å². The molecule has 0 bridgehead atoms. The molecule has 0 aliphatic heterocycles. The highest BCUT2D eigenvalue weighted by atomic mass is 35.5. The third-order valence-corrected chi connectivity index (χ3v) is 13.2. The summed E-state index contributed by atoms with van der Waals surface area (Å²) in [5, 5.41) is 5.37. The third-order valence-electron chi connectivity index (χ3n) is 3.91. The Morgan fingerprint density at radius 2 is 1.52 bits per heavy atom. The van der Waals surface area contributed by atoms with Gasteiger partial charge in [-0.1, -0.05) is 76.1 Å². The lowest BCUT2D eigenvalue weighted by atomic mass is 10.1. The van der Waals surface area contributed by atoms with E-state index in [-0.39, 0.29) is 6.04 Å². The van der Waals surface area contributed by atoms with Gasteiger partial charge in [-0.3, -0.25) is 0 Å². The minimum Gasteiger partial charge on any atom is -0.306 e. The van der Waals surface area contributed by atoms with Gasteiger partial charge in [0.15, 0.2) is 0 Å². The molecule has 4 heteroatoms. The Hall–Kier alpha value is -0.536. The largest absolute Gasteiger partial charge is 0.306 e. The second kappa shape index (κ2) is 8.53. The summed E-state index contributed by atoms with van der Waals surface area (Å²) in [5.74, 6) is 6.80. The SMILES string of the molecule is CCCC(C#Cc1ccc(Cl)cc1)NC([Si](C)(C)C)[Si](C)(C)C. The van der Waals surface area contributed by atoms with Crippen molar-refractivity contribution < 1.29 is 0 Å². The highest BCUT2D eigenvalue weighted by Gasteiger charge is 2.38. The Morgan fingerprint density at radius 3 is 1.96 bits per heavy atom.